The van der Waals surface area contributed by atoms with Crippen molar-refractivity contribution in [3.63, 3.8) is 0 Å². The van der Waals surface area contributed by atoms with E-state index in [9.17, 15) is 9.18 Å². The largest absolute Gasteiger partial charge is 0.489 e. The first-order valence-corrected chi connectivity index (χ1v) is 7.51. The van der Waals surface area contributed by atoms with E-state index >= 15 is 0 Å². The normalized spacial score (nSPS) is 12.9. The first-order valence-electron chi connectivity index (χ1n) is 7.51. The minimum atomic E-state index is -0.532. The third-order valence-corrected chi connectivity index (χ3v) is 2.85. The van der Waals surface area contributed by atoms with Crippen LogP contribution in [0.5, 0.6) is 5.75 Å². The fourth-order valence-electron chi connectivity index (χ4n) is 1.88. The number of ether oxygens (including phenoxy) is 2. The Balaban J connectivity index is 2.59. The summed E-state index contributed by atoms with van der Waals surface area (Å²) in [6.45, 7) is 11.5. The van der Waals surface area contributed by atoms with Gasteiger partial charge in [0.05, 0.1) is 6.54 Å². The number of hydrogen-bond acceptors (Lipinski definition) is 3. The Morgan fingerprint density at radius 2 is 1.91 bits per heavy atom. The summed E-state index contributed by atoms with van der Waals surface area (Å²) in [5, 5.41) is 2.66. The average molecular weight is 311 g/mol. The van der Waals surface area contributed by atoms with Crippen LogP contribution in [0.1, 0.15) is 53.0 Å². The van der Waals surface area contributed by atoms with Crippen LogP contribution < -0.4 is 10.1 Å². The van der Waals surface area contributed by atoms with E-state index in [1.165, 1.54) is 12.1 Å². The molecular weight excluding hydrogens is 285 g/mol. The average Bonchev–Trinajstić information content (AvgIpc) is 2.36. The summed E-state index contributed by atoms with van der Waals surface area (Å²) in [4.78, 5) is 11.6. The zero-order valence-electron chi connectivity index (χ0n) is 14.2. The second-order valence-corrected chi connectivity index (χ2v) is 6.65. The molecule has 0 heterocycles. The zero-order valence-corrected chi connectivity index (χ0v) is 14.2. The van der Waals surface area contributed by atoms with E-state index in [0.717, 1.165) is 5.56 Å². The number of carbonyl (C=O) groups is 1. The number of hydrogen-bond donors (Lipinski definition) is 1. The lowest BCUT2D eigenvalue weighted by Crippen LogP contribution is -2.37. The van der Waals surface area contributed by atoms with Crippen molar-refractivity contribution in [2.75, 3.05) is 6.54 Å². The second kappa shape index (κ2) is 7.47. The maximum atomic E-state index is 13.3. The van der Waals surface area contributed by atoms with Crippen LogP contribution in [-0.2, 0) is 4.74 Å². The molecule has 0 aromatic heterocycles. The van der Waals surface area contributed by atoms with Gasteiger partial charge in [0.25, 0.3) is 0 Å². The molecule has 0 aliphatic heterocycles. The van der Waals surface area contributed by atoms with Crippen LogP contribution in [0.25, 0.3) is 0 Å². The number of nitrogens with one attached hydrogen (secondary N) is 1. The molecule has 0 spiro atoms. The van der Waals surface area contributed by atoms with Gasteiger partial charge in [-0.25, -0.2) is 9.18 Å². The number of rotatable bonds is 5. The van der Waals surface area contributed by atoms with Gasteiger partial charge in [-0.2, -0.15) is 0 Å². The molecule has 4 nitrogen and oxygen atoms in total. The van der Waals surface area contributed by atoms with Crippen LogP contribution in [0.3, 0.4) is 0 Å². The maximum Gasteiger partial charge on any atom is 0.407 e. The molecule has 0 bridgehead atoms. The fourth-order valence-corrected chi connectivity index (χ4v) is 1.88. The van der Waals surface area contributed by atoms with E-state index in [1.807, 2.05) is 20.8 Å². The molecule has 0 aliphatic carbocycles. The standard InChI is InChI=1S/C17H26FNO3/c1-11(2)14-9-13(18)7-8-15(14)21-12(3)10-19-16(20)22-17(4,5)6/h7-9,11-12H,10H2,1-6H3,(H,19,20)/t12-/m0/s1. The van der Waals surface area contributed by atoms with Gasteiger partial charge in [-0.15, -0.1) is 0 Å². The molecule has 1 N–H and O–H groups in total. The van der Waals surface area contributed by atoms with Crippen LogP contribution in [0, 0.1) is 5.82 Å². The van der Waals surface area contributed by atoms with Crippen molar-refractivity contribution in [3.8, 4) is 5.75 Å². The highest BCUT2D eigenvalue weighted by Gasteiger charge is 2.17. The zero-order chi connectivity index (χ0) is 16.9. The predicted octanol–water partition coefficient (Wildman–Crippen LogP) is 4.24. The lowest BCUT2D eigenvalue weighted by molar-refractivity contribution is 0.0505. The van der Waals surface area contributed by atoms with Gasteiger partial charge in [0, 0.05) is 0 Å². The van der Waals surface area contributed by atoms with Gasteiger partial charge < -0.3 is 14.8 Å². The van der Waals surface area contributed by atoms with Crippen molar-refractivity contribution >= 4 is 6.09 Å². The van der Waals surface area contributed by atoms with Crippen molar-refractivity contribution in [3.05, 3.63) is 29.6 Å². The third kappa shape index (κ3) is 6.33. The van der Waals surface area contributed by atoms with E-state index in [4.69, 9.17) is 9.47 Å². The molecule has 1 aromatic carbocycles. The molecule has 1 amide bonds. The summed E-state index contributed by atoms with van der Waals surface area (Å²) in [5.74, 6) is 0.502. The molecule has 0 saturated heterocycles. The van der Waals surface area contributed by atoms with Crippen molar-refractivity contribution in [1.29, 1.82) is 0 Å². The number of alkyl carbamates (subject to hydrolysis) is 1. The summed E-state index contributed by atoms with van der Waals surface area (Å²) in [7, 11) is 0. The van der Waals surface area contributed by atoms with Gasteiger partial charge in [0.15, 0.2) is 0 Å². The molecule has 0 fully saturated rings. The minimum absolute atomic E-state index is 0.150. The van der Waals surface area contributed by atoms with Crippen molar-refractivity contribution in [2.24, 2.45) is 0 Å². The molecule has 0 saturated carbocycles. The quantitative estimate of drug-likeness (QED) is 0.884. The molecular formula is C17H26FNO3. The van der Waals surface area contributed by atoms with Gasteiger partial charge in [-0.3, -0.25) is 0 Å². The van der Waals surface area contributed by atoms with Crippen molar-refractivity contribution in [1.82, 2.24) is 5.32 Å². The number of benzene rings is 1. The molecule has 22 heavy (non-hydrogen) atoms. The predicted molar refractivity (Wildman–Crippen MR) is 84.8 cm³/mol. The maximum absolute atomic E-state index is 13.3. The molecule has 0 unspecified atom stereocenters. The van der Waals surface area contributed by atoms with E-state index < -0.39 is 11.7 Å². The Bertz CT molecular complexity index is 509. The van der Waals surface area contributed by atoms with Gasteiger partial charge in [0.2, 0.25) is 0 Å². The summed E-state index contributed by atoms with van der Waals surface area (Å²) in [6.07, 6.45) is -0.735. The number of halogens is 1. The lowest BCUT2D eigenvalue weighted by atomic mass is 10.0. The van der Waals surface area contributed by atoms with Crippen LogP contribution in [0.15, 0.2) is 18.2 Å². The summed E-state index contributed by atoms with van der Waals surface area (Å²) >= 11 is 0. The van der Waals surface area contributed by atoms with Gasteiger partial charge >= 0.3 is 6.09 Å². The third-order valence-electron chi connectivity index (χ3n) is 2.85. The molecule has 0 radical (unpaired) electrons. The summed E-state index contributed by atoms with van der Waals surface area (Å²) < 4.78 is 24.3. The monoisotopic (exact) mass is 311 g/mol. The number of amides is 1. The topological polar surface area (TPSA) is 47.6 Å². The first kappa shape index (κ1) is 18.3. The van der Waals surface area contributed by atoms with E-state index in [-0.39, 0.29) is 17.8 Å². The smallest absolute Gasteiger partial charge is 0.407 e. The van der Waals surface area contributed by atoms with Crippen LogP contribution >= 0.6 is 0 Å². The van der Waals surface area contributed by atoms with E-state index in [1.54, 1.807) is 26.8 Å². The summed E-state index contributed by atoms with van der Waals surface area (Å²) in [5.41, 5.74) is 0.278. The van der Waals surface area contributed by atoms with Crippen LogP contribution in [0.2, 0.25) is 0 Å². The molecule has 1 atom stereocenters. The Labute approximate surface area is 132 Å². The van der Waals surface area contributed by atoms with Crippen molar-refractivity contribution < 1.29 is 18.7 Å². The van der Waals surface area contributed by atoms with Gasteiger partial charge in [-0.05, 0) is 57.4 Å². The first-order chi connectivity index (χ1) is 10.1. The highest BCUT2D eigenvalue weighted by molar-refractivity contribution is 5.67. The lowest BCUT2D eigenvalue weighted by Gasteiger charge is -2.22. The van der Waals surface area contributed by atoms with Gasteiger partial charge in [0.1, 0.15) is 23.3 Å². The molecule has 5 heteroatoms. The van der Waals surface area contributed by atoms with Crippen LogP contribution in [0.4, 0.5) is 9.18 Å². The Kier molecular flexibility index (Phi) is 6.21. The fraction of sp³-hybridized carbons (Fsp3) is 0.588. The number of carbonyl (C=O) groups excluding carboxylic acids is 1. The molecule has 0 aliphatic rings. The Morgan fingerprint density at radius 1 is 1.27 bits per heavy atom. The Morgan fingerprint density at radius 3 is 2.45 bits per heavy atom. The van der Waals surface area contributed by atoms with Gasteiger partial charge in [-0.1, -0.05) is 13.8 Å². The van der Waals surface area contributed by atoms with E-state index in [0.29, 0.717) is 12.3 Å². The Hall–Kier alpha value is -1.78. The minimum Gasteiger partial charge on any atom is -0.489 e. The second-order valence-electron chi connectivity index (χ2n) is 6.65. The van der Waals surface area contributed by atoms with Crippen molar-refractivity contribution in [2.45, 2.75) is 59.2 Å². The molecule has 124 valence electrons. The molecule has 1 rings (SSSR count). The molecule has 1 aromatic rings. The summed E-state index contributed by atoms with van der Waals surface area (Å²) in [6, 6.07) is 4.47. The highest BCUT2D eigenvalue weighted by Crippen LogP contribution is 2.27. The SMILES string of the molecule is CC(C)c1cc(F)ccc1O[C@@H](C)CNC(=O)OC(C)(C)C. The van der Waals surface area contributed by atoms with E-state index in [2.05, 4.69) is 5.32 Å². The van der Waals surface area contributed by atoms with Crippen LogP contribution in [-0.4, -0.2) is 24.3 Å². The highest BCUT2D eigenvalue weighted by atomic mass is 19.1.